The van der Waals surface area contributed by atoms with Crippen molar-refractivity contribution in [2.24, 2.45) is 0 Å². The van der Waals surface area contributed by atoms with E-state index in [1.807, 2.05) is 48.5 Å². The Labute approximate surface area is 270 Å². The topological polar surface area (TPSA) is 92.7 Å². The van der Waals surface area contributed by atoms with Gasteiger partial charge >= 0.3 is 5.97 Å². The lowest BCUT2D eigenvalue weighted by molar-refractivity contribution is -0.200. The highest BCUT2D eigenvalue weighted by atomic mass is 16.7. The number of carboxylic acid groups (broad SMARTS) is 1. The minimum absolute atomic E-state index is 0.0165. The lowest BCUT2D eigenvalue weighted by Crippen LogP contribution is -2.35. The van der Waals surface area contributed by atoms with E-state index in [0.717, 1.165) is 19.3 Å². The molecule has 45 heavy (non-hydrogen) atoms. The lowest BCUT2D eigenvalue weighted by Gasteiger charge is -2.24. The van der Waals surface area contributed by atoms with E-state index in [1.54, 1.807) is 0 Å². The summed E-state index contributed by atoms with van der Waals surface area (Å²) in [5.74, 6) is 1.42. The van der Waals surface area contributed by atoms with Crippen molar-refractivity contribution in [2.75, 3.05) is 33.0 Å². The van der Waals surface area contributed by atoms with Crippen LogP contribution >= 0.6 is 0 Å². The number of hydrogen-bond acceptors (Lipinski definition) is 7. The second-order valence-electron chi connectivity index (χ2n) is 11.8. The number of benzene rings is 2. The number of unbranched alkanes of at least 4 members (excludes halogenated alkanes) is 13. The molecule has 1 N–H and O–H groups in total. The molecule has 0 aliphatic carbocycles. The van der Waals surface area contributed by atoms with Crippen LogP contribution in [0.2, 0.25) is 0 Å². The molecule has 1 aliphatic heterocycles. The molecule has 2 aromatic rings. The Bertz CT molecular complexity index is 1040. The van der Waals surface area contributed by atoms with Crippen LogP contribution in [0.1, 0.15) is 110 Å². The van der Waals surface area contributed by atoms with E-state index in [-0.39, 0.29) is 19.8 Å². The van der Waals surface area contributed by atoms with Crippen LogP contribution in [0, 0.1) is 0 Å². The standard InChI is InChI=1S/C37H56O8/c1-2-3-4-5-6-7-8-9-10-11-12-13-14-15-25-35(37(38)39)45-36-30-44-34-24-19-18-23-33(34)41-27-20-26-40-31-21-16-17-22-32(31)42-28-29-43-36/h16-19,21-24,35-36H,2-15,20,25-30H2,1H3,(H,38,39). The molecular formula is C37H56O8. The van der Waals surface area contributed by atoms with Crippen LogP contribution in [-0.2, 0) is 14.3 Å². The van der Waals surface area contributed by atoms with Gasteiger partial charge in [0.25, 0.3) is 0 Å². The third-order valence-electron chi connectivity index (χ3n) is 7.93. The summed E-state index contributed by atoms with van der Waals surface area (Å²) in [6.07, 6.45) is 16.7. The quantitative estimate of drug-likeness (QED) is 0.164. The fourth-order valence-corrected chi connectivity index (χ4v) is 5.37. The third-order valence-corrected chi connectivity index (χ3v) is 7.93. The summed E-state index contributed by atoms with van der Waals surface area (Å²) in [4.78, 5) is 12.1. The zero-order valence-corrected chi connectivity index (χ0v) is 27.4. The van der Waals surface area contributed by atoms with Gasteiger partial charge in [0.2, 0.25) is 0 Å². The first-order chi connectivity index (χ1) is 22.2. The van der Waals surface area contributed by atoms with Crippen LogP contribution < -0.4 is 18.9 Å². The highest BCUT2D eigenvalue weighted by Crippen LogP contribution is 2.29. The van der Waals surface area contributed by atoms with Crippen LogP contribution in [0.25, 0.3) is 0 Å². The van der Waals surface area contributed by atoms with E-state index in [9.17, 15) is 9.90 Å². The molecule has 0 amide bonds. The number of fused-ring (bicyclic) bond motifs is 2. The number of aliphatic carboxylic acids is 1. The first-order valence-electron chi connectivity index (χ1n) is 17.4. The molecule has 0 saturated carbocycles. The maximum atomic E-state index is 12.1. The smallest absolute Gasteiger partial charge is 0.332 e. The normalized spacial score (nSPS) is 16.6. The number of ether oxygens (including phenoxy) is 6. The first kappa shape index (κ1) is 36.5. The molecule has 0 saturated heterocycles. The van der Waals surface area contributed by atoms with E-state index >= 15 is 0 Å². The molecule has 0 bridgehead atoms. The Morgan fingerprint density at radius 1 is 0.667 bits per heavy atom. The monoisotopic (exact) mass is 628 g/mol. The van der Waals surface area contributed by atoms with Gasteiger partial charge in [-0.2, -0.15) is 0 Å². The summed E-state index contributed by atoms with van der Waals surface area (Å²) in [6, 6.07) is 14.9. The van der Waals surface area contributed by atoms with Crippen LogP contribution in [0.15, 0.2) is 48.5 Å². The lowest BCUT2D eigenvalue weighted by atomic mass is 10.0. The van der Waals surface area contributed by atoms with Gasteiger partial charge < -0.3 is 33.5 Å². The van der Waals surface area contributed by atoms with Gasteiger partial charge in [-0.25, -0.2) is 4.79 Å². The van der Waals surface area contributed by atoms with Crippen LogP contribution in [-0.4, -0.2) is 56.5 Å². The summed E-state index contributed by atoms with van der Waals surface area (Å²) in [7, 11) is 0. The average Bonchev–Trinajstić information content (AvgIpc) is 3.05. The summed E-state index contributed by atoms with van der Waals surface area (Å²) in [6.45, 7) is 3.63. The van der Waals surface area contributed by atoms with E-state index in [0.29, 0.717) is 49.1 Å². The Hall–Kier alpha value is -2.97. The number of hydrogen-bond donors (Lipinski definition) is 1. The largest absolute Gasteiger partial charge is 0.490 e. The molecule has 252 valence electrons. The molecule has 0 aromatic heterocycles. The molecule has 3 rings (SSSR count). The molecule has 0 radical (unpaired) electrons. The first-order valence-corrected chi connectivity index (χ1v) is 17.4. The van der Waals surface area contributed by atoms with Crippen molar-refractivity contribution in [3.8, 4) is 23.0 Å². The minimum atomic E-state index is -0.994. The van der Waals surface area contributed by atoms with E-state index in [2.05, 4.69) is 6.92 Å². The van der Waals surface area contributed by atoms with Gasteiger partial charge in [0.15, 0.2) is 35.4 Å². The van der Waals surface area contributed by atoms with Gasteiger partial charge in [0.05, 0.1) is 19.8 Å². The average molecular weight is 629 g/mol. The van der Waals surface area contributed by atoms with Gasteiger partial charge in [-0.05, 0) is 30.7 Å². The molecule has 8 nitrogen and oxygen atoms in total. The van der Waals surface area contributed by atoms with Gasteiger partial charge in [-0.1, -0.05) is 121 Å². The molecule has 2 aromatic carbocycles. The molecule has 1 heterocycles. The van der Waals surface area contributed by atoms with Gasteiger partial charge in [-0.15, -0.1) is 0 Å². The number of para-hydroxylation sites is 4. The van der Waals surface area contributed by atoms with E-state index < -0.39 is 18.4 Å². The number of carboxylic acids is 1. The fraction of sp³-hybridized carbons (Fsp3) is 0.649. The SMILES string of the molecule is CCCCCCCCCCCCCCCCC(OC1COc2ccccc2OCCCOc2ccccc2OCCO1)C(=O)O. The predicted octanol–water partition coefficient (Wildman–Crippen LogP) is 8.99. The molecule has 0 spiro atoms. The second kappa shape index (κ2) is 23.4. The molecule has 2 unspecified atom stereocenters. The van der Waals surface area contributed by atoms with Crippen LogP contribution in [0.5, 0.6) is 23.0 Å². The number of rotatable bonds is 18. The minimum Gasteiger partial charge on any atom is -0.490 e. The third kappa shape index (κ3) is 15.7. The molecular weight excluding hydrogens is 572 g/mol. The highest BCUT2D eigenvalue weighted by molar-refractivity contribution is 5.72. The second-order valence-corrected chi connectivity index (χ2v) is 11.8. The van der Waals surface area contributed by atoms with Crippen molar-refractivity contribution in [1.82, 2.24) is 0 Å². The van der Waals surface area contributed by atoms with Crippen LogP contribution in [0.3, 0.4) is 0 Å². The van der Waals surface area contributed by atoms with Gasteiger partial charge in [0, 0.05) is 6.42 Å². The predicted molar refractivity (Wildman–Crippen MR) is 177 cm³/mol. The summed E-state index contributed by atoms with van der Waals surface area (Å²) in [5, 5.41) is 9.93. The molecule has 8 heteroatoms. The Kier molecular flexibility index (Phi) is 19.0. The van der Waals surface area contributed by atoms with Crippen molar-refractivity contribution in [1.29, 1.82) is 0 Å². The zero-order valence-electron chi connectivity index (χ0n) is 27.4. The van der Waals surface area contributed by atoms with Gasteiger partial charge in [-0.3, -0.25) is 0 Å². The number of carbonyl (C=O) groups is 1. The van der Waals surface area contributed by atoms with Crippen molar-refractivity contribution >= 4 is 5.97 Å². The Morgan fingerprint density at radius 3 is 1.60 bits per heavy atom. The van der Waals surface area contributed by atoms with Crippen molar-refractivity contribution < 1.29 is 38.3 Å². The maximum Gasteiger partial charge on any atom is 0.332 e. The molecule has 1 aliphatic rings. The molecule has 0 fully saturated rings. The van der Waals surface area contributed by atoms with Crippen molar-refractivity contribution in [3.63, 3.8) is 0 Å². The Balaban J connectivity index is 1.43. The fourth-order valence-electron chi connectivity index (χ4n) is 5.37. The summed E-state index contributed by atoms with van der Waals surface area (Å²) >= 11 is 0. The van der Waals surface area contributed by atoms with Crippen molar-refractivity contribution in [3.05, 3.63) is 48.5 Å². The van der Waals surface area contributed by atoms with E-state index in [1.165, 1.54) is 70.6 Å². The van der Waals surface area contributed by atoms with Gasteiger partial charge in [0.1, 0.15) is 13.2 Å². The molecule has 2 atom stereocenters. The Morgan fingerprint density at radius 2 is 1.11 bits per heavy atom. The van der Waals surface area contributed by atoms with Crippen molar-refractivity contribution in [2.45, 2.75) is 122 Å². The maximum absolute atomic E-state index is 12.1. The summed E-state index contributed by atoms with van der Waals surface area (Å²) in [5.41, 5.74) is 0. The summed E-state index contributed by atoms with van der Waals surface area (Å²) < 4.78 is 35.7. The van der Waals surface area contributed by atoms with E-state index in [4.69, 9.17) is 28.4 Å². The van der Waals surface area contributed by atoms with Crippen LogP contribution in [0.4, 0.5) is 0 Å². The highest BCUT2D eigenvalue weighted by Gasteiger charge is 2.24. The zero-order chi connectivity index (χ0) is 31.8.